The molecule has 0 unspecified atom stereocenters. The Morgan fingerprint density at radius 1 is 1.13 bits per heavy atom. The zero-order valence-electron chi connectivity index (χ0n) is 17.1. The summed E-state index contributed by atoms with van der Waals surface area (Å²) < 4.78 is 1.51. The molecule has 3 heterocycles. The highest BCUT2D eigenvalue weighted by Gasteiger charge is 2.56. The van der Waals surface area contributed by atoms with E-state index in [1.807, 2.05) is 18.2 Å². The van der Waals surface area contributed by atoms with Crippen LogP contribution in [0.15, 0.2) is 30.6 Å². The first kappa shape index (κ1) is 19.3. The van der Waals surface area contributed by atoms with Gasteiger partial charge in [-0.25, -0.2) is 14.8 Å². The molecule has 1 saturated heterocycles. The molecule has 1 saturated carbocycles. The Hall–Kier alpha value is -3.62. The molecule has 3 aromatic rings. The largest absolute Gasteiger partial charge is 0.465 e. The minimum atomic E-state index is -1.05. The van der Waals surface area contributed by atoms with Crippen LogP contribution in [0.1, 0.15) is 36.1 Å². The molecule has 3 atom stereocenters. The minimum absolute atomic E-state index is 0.0344. The second-order valence-corrected chi connectivity index (χ2v) is 8.28. The monoisotopic (exact) mass is 419 g/mol. The van der Waals surface area contributed by atoms with Crippen LogP contribution < -0.4 is 0 Å². The fraction of sp³-hybridized carbons (Fsp3) is 0.364. The maximum Gasteiger partial charge on any atom is 0.408 e. The topological polar surface area (TPSA) is 118 Å². The number of fused-ring (bicyclic) bond motifs is 2. The predicted octanol–water partition coefficient (Wildman–Crippen LogP) is 2.71. The summed E-state index contributed by atoms with van der Waals surface area (Å²) in [4.78, 5) is 46.5. The first-order valence-corrected chi connectivity index (χ1v) is 10.2. The van der Waals surface area contributed by atoms with Gasteiger partial charge in [0.15, 0.2) is 11.6 Å². The number of carboxylic acid groups (broad SMARTS) is 1. The summed E-state index contributed by atoms with van der Waals surface area (Å²) in [5.41, 5.74) is 2.59. The molecule has 0 spiro atoms. The number of ketones is 2. The number of nitrogens with zero attached hydrogens (tertiary/aromatic N) is 5. The quantitative estimate of drug-likeness (QED) is 0.632. The normalized spacial score (nSPS) is 21.9. The van der Waals surface area contributed by atoms with Gasteiger partial charge in [-0.2, -0.15) is 5.10 Å². The summed E-state index contributed by atoms with van der Waals surface area (Å²) in [6.45, 7) is 3.16. The van der Waals surface area contributed by atoms with Crippen LogP contribution in [0.4, 0.5) is 4.79 Å². The van der Waals surface area contributed by atoms with E-state index in [0.29, 0.717) is 23.1 Å². The van der Waals surface area contributed by atoms with Gasteiger partial charge in [-0.1, -0.05) is 6.07 Å². The summed E-state index contributed by atoms with van der Waals surface area (Å²) in [6.07, 6.45) is 3.78. The lowest BCUT2D eigenvalue weighted by molar-refractivity contribution is -0.124. The zero-order chi connectivity index (χ0) is 21.9. The van der Waals surface area contributed by atoms with Crippen molar-refractivity contribution in [3.05, 3.63) is 42.1 Å². The van der Waals surface area contributed by atoms with Crippen molar-refractivity contribution in [3.63, 3.8) is 0 Å². The second kappa shape index (κ2) is 6.97. The summed E-state index contributed by atoms with van der Waals surface area (Å²) >= 11 is 0. The number of hydrogen-bond acceptors (Lipinski definition) is 6. The Morgan fingerprint density at radius 3 is 2.55 bits per heavy atom. The molecule has 1 aliphatic heterocycles. The van der Waals surface area contributed by atoms with Crippen LogP contribution in [0, 0.1) is 12.8 Å². The van der Waals surface area contributed by atoms with E-state index in [2.05, 4.69) is 15.1 Å². The molecule has 9 heteroatoms. The number of rotatable bonds is 5. The number of likely N-dealkylation sites (tertiary alicyclic amines) is 1. The van der Waals surface area contributed by atoms with Gasteiger partial charge in [0, 0.05) is 36.3 Å². The molecule has 0 radical (unpaired) electrons. The predicted molar refractivity (Wildman–Crippen MR) is 111 cm³/mol. The van der Waals surface area contributed by atoms with Gasteiger partial charge < -0.3 is 5.11 Å². The molecule has 5 rings (SSSR count). The van der Waals surface area contributed by atoms with Gasteiger partial charge >= 0.3 is 6.09 Å². The second-order valence-electron chi connectivity index (χ2n) is 8.28. The lowest BCUT2D eigenvalue weighted by atomic mass is 10.0. The summed E-state index contributed by atoms with van der Waals surface area (Å²) in [5.74, 6) is 0.542. The van der Waals surface area contributed by atoms with E-state index in [-0.39, 0.29) is 35.8 Å². The van der Waals surface area contributed by atoms with Crippen molar-refractivity contribution in [2.24, 2.45) is 5.92 Å². The third-order valence-electron chi connectivity index (χ3n) is 6.20. The number of carbonyl (C=O) groups is 3. The Morgan fingerprint density at radius 2 is 1.87 bits per heavy atom. The van der Waals surface area contributed by atoms with Crippen molar-refractivity contribution in [3.8, 4) is 11.1 Å². The van der Waals surface area contributed by atoms with Crippen LogP contribution >= 0.6 is 0 Å². The summed E-state index contributed by atoms with van der Waals surface area (Å²) in [6, 6.07) is 4.86. The SMILES string of the molecule is CC(=O)c1nn(CC(=O)[C@@H]2C[C@H]3C[C@H]3N2C(=O)O)c2ccc(-c3cnc(C)nc3)cc12. The molecule has 31 heavy (non-hydrogen) atoms. The molecule has 2 aromatic heterocycles. The number of amides is 1. The third kappa shape index (κ3) is 3.26. The Balaban J connectivity index is 1.49. The number of piperidine rings is 1. The van der Waals surface area contributed by atoms with Gasteiger partial charge in [-0.3, -0.25) is 19.2 Å². The van der Waals surface area contributed by atoms with Gasteiger partial charge in [0.25, 0.3) is 0 Å². The van der Waals surface area contributed by atoms with Crippen molar-refractivity contribution < 1.29 is 19.5 Å². The highest BCUT2D eigenvalue weighted by molar-refractivity contribution is 6.06. The first-order chi connectivity index (χ1) is 14.8. The van der Waals surface area contributed by atoms with E-state index in [1.54, 1.807) is 19.3 Å². The number of carbonyl (C=O) groups excluding carboxylic acids is 2. The van der Waals surface area contributed by atoms with Crippen LogP contribution in [-0.4, -0.2) is 59.5 Å². The smallest absolute Gasteiger partial charge is 0.408 e. The van der Waals surface area contributed by atoms with E-state index in [1.165, 1.54) is 16.5 Å². The molecule has 1 N–H and O–H groups in total. The molecule has 1 aromatic carbocycles. The molecule has 1 amide bonds. The Bertz CT molecular complexity index is 1230. The van der Waals surface area contributed by atoms with Gasteiger partial charge in [0.05, 0.1) is 11.6 Å². The van der Waals surface area contributed by atoms with Crippen LogP contribution in [0.25, 0.3) is 22.0 Å². The number of benzene rings is 1. The minimum Gasteiger partial charge on any atom is -0.465 e. The van der Waals surface area contributed by atoms with Crippen molar-refractivity contribution in [2.45, 2.75) is 45.3 Å². The lowest BCUT2D eigenvalue weighted by Gasteiger charge is -2.23. The highest BCUT2D eigenvalue weighted by atomic mass is 16.4. The number of aromatic nitrogens is 4. The molecule has 1 aliphatic carbocycles. The molecular weight excluding hydrogens is 398 g/mol. The van der Waals surface area contributed by atoms with Crippen molar-refractivity contribution in [1.82, 2.24) is 24.6 Å². The standard InChI is InChI=1S/C22H21N5O4/c1-11(28)21-16-5-13(15-8-23-12(2)24-9-15)3-4-17(16)26(25-21)10-20(29)19-7-14-6-18(14)27(19)22(30)31/h3-5,8-9,14,18-19H,6-7,10H2,1-2H3,(H,30,31)/t14-,18-,19+/m1/s1. The van der Waals surface area contributed by atoms with E-state index < -0.39 is 12.1 Å². The van der Waals surface area contributed by atoms with E-state index >= 15 is 0 Å². The van der Waals surface area contributed by atoms with E-state index in [4.69, 9.17) is 0 Å². The zero-order valence-corrected chi connectivity index (χ0v) is 17.1. The Kier molecular flexibility index (Phi) is 4.35. The Labute approximate surface area is 177 Å². The van der Waals surface area contributed by atoms with Crippen LogP contribution in [0.2, 0.25) is 0 Å². The van der Waals surface area contributed by atoms with Gasteiger partial charge in [0.2, 0.25) is 0 Å². The maximum absolute atomic E-state index is 13.0. The maximum atomic E-state index is 13.0. The summed E-state index contributed by atoms with van der Waals surface area (Å²) in [7, 11) is 0. The summed E-state index contributed by atoms with van der Waals surface area (Å²) in [5, 5.41) is 14.5. The number of Topliss-reactive ketones (excluding diaryl/α,β-unsaturated/α-hetero) is 2. The average Bonchev–Trinajstić information content (AvgIpc) is 3.24. The van der Waals surface area contributed by atoms with E-state index in [9.17, 15) is 19.5 Å². The molecule has 2 fully saturated rings. The molecular formula is C22H21N5O4. The van der Waals surface area contributed by atoms with Gasteiger partial charge in [-0.15, -0.1) is 0 Å². The lowest BCUT2D eigenvalue weighted by Crippen LogP contribution is -2.43. The molecule has 0 bridgehead atoms. The third-order valence-corrected chi connectivity index (χ3v) is 6.20. The molecule has 158 valence electrons. The highest BCUT2D eigenvalue weighted by Crippen LogP contribution is 2.48. The number of hydrogen-bond donors (Lipinski definition) is 1. The van der Waals surface area contributed by atoms with Crippen LogP contribution in [0.5, 0.6) is 0 Å². The average molecular weight is 419 g/mol. The van der Waals surface area contributed by atoms with Gasteiger partial charge in [-0.05, 0) is 43.4 Å². The van der Waals surface area contributed by atoms with Crippen LogP contribution in [-0.2, 0) is 11.3 Å². The fourth-order valence-corrected chi connectivity index (χ4v) is 4.55. The van der Waals surface area contributed by atoms with Crippen molar-refractivity contribution >= 4 is 28.6 Å². The van der Waals surface area contributed by atoms with E-state index in [0.717, 1.165) is 17.5 Å². The van der Waals surface area contributed by atoms with Gasteiger partial charge in [0.1, 0.15) is 18.1 Å². The van der Waals surface area contributed by atoms with Crippen molar-refractivity contribution in [2.75, 3.05) is 0 Å². The first-order valence-electron chi connectivity index (χ1n) is 10.2. The van der Waals surface area contributed by atoms with Crippen molar-refractivity contribution in [1.29, 1.82) is 0 Å². The van der Waals surface area contributed by atoms with Crippen LogP contribution in [0.3, 0.4) is 0 Å². The fourth-order valence-electron chi connectivity index (χ4n) is 4.55. The number of aryl methyl sites for hydroxylation is 1. The molecule has 9 nitrogen and oxygen atoms in total. The molecule has 2 aliphatic rings.